The maximum Gasteiger partial charge on any atom is 0.221 e. The molecule has 0 spiro atoms. The molecule has 2 rings (SSSR count). The maximum absolute atomic E-state index is 11.3. The third kappa shape index (κ3) is 3.64. The van der Waals surface area contributed by atoms with Crippen molar-refractivity contribution in [2.24, 2.45) is 11.7 Å². The molecule has 2 heterocycles. The summed E-state index contributed by atoms with van der Waals surface area (Å²) in [5.41, 5.74) is 6.25. The van der Waals surface area contributed by atoms with Gasteiger partial charge >= 0.3 is 0 Å². The van der Waals surface area contributed by atoms with Crippen LogP contribution in [0, 0.1) is 12.8 Å². The number of aromatic nitrogens is 2. The van der Waals surface area contributed by atoms with E-state index in [0.717, 1.165) is 18.5 Å². The van der Waals surface area contributed by atoms with Crippen molar-refractivity contribution in [2.75, 3.05) is 6.54 Å². The molecule has 104 valence electrons. The quantitative estimate of drug-likeness (QED) is 0.853. The molecular formula is C13H19ClN4O. The summed E-state index contributed by atoms with van der Waals surface area (Å²) in [6.07, 6.45) is 1.83. The largest absolute Gasteiger partial charge is 0.369 e. The number of hydrogen-bond acceptors (Lipinski definition) is 4. The Kier molecular flexibility index (Phi) is 4.37. The molecule has 19 heavy (non-hydrogen) atoms. The zero-order valence-corrected chi connectivity index (χ0v) is 12.0. The number of likely N-dealkylation sites (tertiary alicyclic amines) is 1. The van der Waals surface area contributed by atoms with Crippen LogP contribution >= 0.6 is 11.6 Å². The predicted octanol–water partition coefficient (Wildman–Crippen LogP) is 1.52. The predicted molar refractivity (Wildman–Crippen MR) is 73.6 cm³/mol. The molecule has 1 amide bonds. The number of carbonyl (C=O) groups excluding carboxylic acids is 1. The van der Waals surface area contributed by atoms with E-state index in [-0.39, 0.29) is 11.8 Å². The minimum atomic E-state index is -0.222. The first-order valence-corrected chi connectivity index (χ1v) is 6.87. The summed E-state index contributed by atoms with van der Waals surface area (Å²) < 4.78 is 0. The Morgan fingerprint density at radius 1 is 1.53 bits per heavy atom. The molecule has 2 unspecified atom stereocenters. The Morgan fingerprint density at radius 3 is 2.89 bits per heavy atom. The van der Waals surface area contributed by atoms with Gasteiger partial charge < -0.3 is 5.73 Å². The van der Waals surface area contributed by atoms with Crippen LogP contribution in [-0.2, 0) is 11.3 Å². The Hall–Kier alpha value is -1.20. The average Bonchev–Trinajstić information content (AvgIpc) is 2.30. The molecule has 6 heteroatoms. The van der Waals surface area contributed by atoms with Crippen LogP contribution in [0.4, 0.5) is 0 Å². The van der Waals surface area contributed by atoms with Gasteiger partial charge in [0.25, 0.3) is 0 Å². The lowest BCUT2D eigenvalue weighted by molar-refractivity contribution is -0.124. The van der Waals surface area contributed by atoms with Gasteiger partial charge in [-0.3, -0.25) is 9.69 Å². The number of halogens is 1. The highest BCUT2D eigenvalue weighted by Crippen LogP contribution is 2.23. The summed E-state index contributed by atoms with van der Waals surface area (Å²) in [5.74, 6) is 0.401. The normalized spacial score (nSPS) is 24.4. The summed E-state index contributed by atoms with van der Waals surface area (Å²) in [6.45, 7) is 5.31. The van der Waals surface area contributed by atoms with E-state index in [2.05, 4.69) is 21.8 Å². The van der Waals surface area contributed by atoms with Crippen molar-refractivity contribution in [1.82, 2.24) is 14.9 Å². The lowest BCUT2D eigenvalue weighted by atomic mass is 9.93. The van der Waals surface area contributed by atoms with Gasteiger partial charge in [-0.1, -0.05) is 11.6 Å². The van der Waals surface area contributed by atoms with E-state index in [1.165, 1.54) is 0 Å². The second kappa shape index (κ2) is 5.84. The number of hydrogen-bond donors (Lipinski definition) is 1. The van der Waals surface area contributed by atoms with Crippen molar-refractivity contribution in [1.29, 1.82) is 0 Å². The smallest absolute Gasteiger partial charge is 0.221 e. The lowest BCUT2D eigenvalue weighted by Crippen LogP contribution is -2.45. The highest BCUT2D eigenvalue weighted by molar-refractivity contribution is 6.29. The molecule has 0 bridgehead atoms. The lowest BCUT2D eigenvalue weighted by Gasteiger charge is -2.36. The molecule has 2 atom stereocenters. The van der Waals surface area contributed by atoms with E-state index in [9.17, 15) is 4.79 Å². The Bertz CT molecular complexity index is 459. The van der Waals surface area contributed by atoms with E-state index in [1.54, 1.807) is 6.07 Å². The number of nitrogens with two attached hydrogens (primary N) is 1. The van der Waals surface area contributed by atoms with Crippen LogP contribution in [0.2, 0.25) is 5.15 Å². The SMILES string of the molecule is Cc1cc(Cl)nc(CN2CC(C(N)=O)CCC2C)n1. The van der Waals surface area contributed by atoms with Gasteiger partial charge in [-0.2, -0.15) is 0 Å². The van der Waals surface area contributed by atoms with Gasteiger partial charge in [-0.05, 0) is 32.8 Å². The molecule has 0 aliphatic carbocycles. The first-order chi connectivity index (χ1) is 8.95. The van der Waals surface area contributed by atoms with Crippen LogP contribution in [0.5, 0.6) is 0 Å². The van der Waals surface area contributed by atoms with Gasteiger partial charge in [-0.25, -0.2) is 9.97 Å². The molecule has 0 aromatic carbocycles. The molecule has 1 fully saturated rings. The summed E-state index contributed by atoms with van der Waals surface area (Å²) in [7, 11) is 0. The number of rotatable bonds is 3. The van der Waals surface area contributed by atoms with Gasteiger partial charge in [0, 0.05) is 18.3 Å². The molecular weight excluding hydrogens is 264 g/mol. The summed E-state index contributed by atoms with van der Waals surface area (Å²) >= 11 is 5.94. The Balaban J connectivity index is 2.09. The fourth-order valence-corrected chi connectivity index (χ4v) is 2.73. The van der Waals surface area contributed by atoms with Crippen LogP contribution in [0.25, 0.3) is 0 Å². The number of primary amides is 1. The van der Waals surface area contributed by atoms with Crippen molar-refractivity contribution in [3.63, 3.8) is 0 Å². The molecule has 2 N–H and O–H groups in total. The van der Waals surface area contributed by atoms with E-state index in [4.69, 9.17) is 17.3 Å². The monoisotopic (exact) mass is 282 g/mol. The second-order valence-corrected chi connectivity index (χ2v) is 5.59. The van der Waals surface area contributed by atoms with E-state index in [1.807, 2.05) is 6.92 Å². The van der Waals surface area contributed by atoms with Crippen molar-refractivity contribution in [3.8, 4) is 0 Å². The van der Waals surface area contributed by atoms with Crippen LogP contribution in [0.1, 0.15) is 31.3 Å². The van der Waals surface area contributed by atoms with Gasteiger partial charge in [-0.15, -0.1) is 0 Å². The third-order valence-electron chi connectivity index (χ3n) is 3.63. The van der Waals surface area contributed by atoms with Crippen molar-refractivity contribution in [2.45, 2.75) is 39.3 Å². The minimum absolute atomic E-state index is 0.0727. The summed E-state index contributed by atoms with van der Waals surface area (Å²) in [6, 6.07) is 2.13. The molecule has 0 radical (unpaired) electrons. The number of carbonyl (C=O) groups is 1. The number of nitrogens with zero attached hydrogens (tertiary/aromatic N) is 3. The first kappa shape index (κ1) is 14.2. The summed E-state index contributed by atoms with van der Waals surface area (Å²) in [5, 5.41) is 0.457. The Labute approximate surface area is 118 Å². The maximum atomic E-state index is 11.3. The number of piperidine rings is 1. The Morgan fingerprint density at radius 2 is 2.26 bits per heavy atom. The van der Waals surface area contributed by atoms with Crippen molar-refractivity contribution >= 4 is 17.5 Å². The van der Waals surface area contributed by atoms with Crippen molar-refractivity contribution < 1.29 is 4.79 Å². The van der Waals surface area contributed by atoms with Gasteiger partial charge in [0.05, 0.1) is 12.5 Å². The fourth-order valence-electron chi connectivity index (χ4n) is 2.47. The fraction of sp³-hybridized carbons (Fsp3) is 0.615. The molecule has 0 saturated carbocycles. The van der Waals surface area contributed by atoms with Crippen LogP contribution in [-0.4, -0.2) is 33.4 Å². The van der Waals surface area contributed by atoms with Crippen LogP contribution in [0.3, 0.4) is 0 Å². The highest BCUT2D eigenvalue weighted by Gasteiger charge is 2.29. The van der Waals surface area contributed by atoms with Crippen LogP contribution < -0.4 is 5.73 Å². The molecule has 1 aliphatic heterocycles. The van der Waals surface area contributed by atoms with Crippen molar-refractivity contribution in [3.05, 3.63) is 22.7 Å². The summed E-state index contributed by atoms with van der Waals surface area (Å²) in [4.78, 5) is 22.1. The van der Waals surface area contributed by atoms with Gasteiger partial charge in [0.1, 0.15) is 11.0 Å². The topological polar surface area (TPSA) is 72.1 Å². The highest BCUT2D eigenvalue weighted by atomic mass is 35.5. The van der Waals surface area contributed by atoms with E-state index >= 15 is 0 Å². The van der Waals surface area contributed by atoms with E-state index in [0.29, 0.717) is 30.1 Å². The molecule has 5 nitrogen and oxygen atoms in total. The first-order valence-electron chi connectivity index (χ1n) is 6.49. The average molecular weight is 283 g/mol. The zero-order chi connectivity index (χ0) is 14.0. The number of amides is 1. The second-order valence-electron chi connectivity index (χ2n) is 5.20. The molecule has 1 aromatic heterocycles. The van der Waals surface area contributed by atoms with Crippen LogP contribution in [0.15, 0.2) is 6.07 Å². The minimum Gasteiger partial charge on any atom is -0.369 e. The zero-order valence-electron chi connectivity index (χ0n) is 11.3. The third-order valence-corrected chi connectivity index (χ3v) is 3.82. The van der Waals surface area contributed by atoms with Gasteiger partial charge in [0.2, 0.25) is 5.91 Å². The number of aryl methyl sites for hydroxylation is 1. The van der Waals surface area contributed by atoms with E-state index < -0.39 is 0 Å². The molecule has 1 aromatic rings. The van der Waals surface area contributed by atoms with Gasteiger partial charge in [0.15, 0.2) is 0 Å². The molecule has 1 aliphatic rings. The molecule has 1 saturated heterocycles. The standard InChI is InChI=1S/C13H19ClN4O/c1-8-5-11(14)17-12(16-8)7-18-6-10(13(15)19)4-3-9(18)2/h5,9-10H,3-4,6-7H2,1-2H3,(H2,15,19).